The predicted octanol–water partition coefficient (Wildman–Crippen LogP) is 2.92. The third-order valence-electron chi connectivity index (χ3n) is 1.91. The van der Waals surface area contributed by atoms with Gasteiger partial charge in [0.05, 0.1) is 6.20 Å². The minimum atomic E-state index is -0.648. The lowest BCUT2D eigenvalue weighted by molar-refractivity contribution is 0.0522. The van der Waals surface area contributed by atoms with Crippen LogP contribution in [0.1, 0.15) is 20.8 Å². The van der Waals surface area contributed by atoms with Gasteiger partial charge in [-0.2, -0.15) is 9.78 Å². The molecule has 2 aromatic rings. The first-order valence-electron chi connectivity index (χ1n) is 5.08. The van der Waals surface area contributed by atoms with E-state index in [0.29, 0.717) is 5.52 Å². The molecule has 2 rings (SSSR count). The summed E-state index contributed by atoms with van der Waals surface area (Å²) in [5, 5.41) is 3.92. The normalized spacial score (nSPS) is 11.8. The maximum absolute atomic E-state index is 11.9. The molecule has 0 N–H and O–H groups in total. The second-order valence-corrected chi connectivity index (χ2v) is 5.25. The highest BCUT2D eigenvalue weighted by molar-refractivity contribution is 6.35. The van der Waals surface area contributed by atoms with Crippen molar-refractivity contribution in [1.82, 2.24) is 19.7 Å². The zero-order valence-electron chi connectivity index (χ0n) is 9.94. The Balaban J connectivity index is 2.50. The fourth-order valence-corrected chi connectivity index (χ4v) is 1.79. The summed E-state index contributed by atoms with van der Waals surface area (Å²) in [6.07, 6.45) is 0.726. The first-order chi connectivity index (χ1) is 8.28. The Kier molecular flexibility index (Phi) is 3.16. The fraction of sp³-hybridized carbons (Fsp3) is 0.400. The van der Waals surface area contributed by atoms with Crippen molar-refractivity contribution in [2.45, 2.75) is 26.4 Å². The number of halogens is 2. The second-order valence-electron chi connectivity index (χ2n) is 4.55. The maximum atomic E-state index is 11.9. The lowest BCUT2D eigenvalue weighted by Crippen LogP contribution is -2.27. The number of nitrogens with zero attached hydrogens (tertiary/aromatic N) is 4. The highest BCUT2D eigenvalue weighted by Crippen LogP contribution is 2.22. The molecule has 2 heterocycles. The van der Waals surface area contributed by atoms with Crippen molar-refractivity contribution >= 4 is 40.3 Å². The highest BCUT2D eigenvalue weighted by atomic mass is 35.5. The standard InChI is InChI=1S/C10H10Cl2N4O2/c1-10(2,3)18-9(17)16-6-5(4-13-16)14-8(12)15-7(6)11/h4H,1-3H3. The van der Waals surface area contributed by atoms with Gasteiger partial charge >= 0.3 is 6.09 Å². The fourth-order valence-electron chi connectivity index (χ4n) is 1.32. The molecule has 8 heteroatoms. The molecule has 0 atom stereocenters. The molecule has 2 aromatic heterocycles. The molecule has 0 aliphatic carbocycles. The Morgan fingerprint density at radius 3 is 2.61 bits per heavy atom. The maximum Gasteiger partial charge on any atom is 0.435 e. The van der Waals surface area contributed by atoms with Crippen LogP contribution < -0.4 is 0 Å². The summed E-state index contributed by atoms with van der Waals surface area (Å²) in [6.45, 7) is 5.27. The van der Waals surface area contributed by atoms with Gasteiger partial charge in [0.2, 0.25) is 5.28 Å². The van der Waals surface area contributed by atoms with Crippen molar-refractivity contribution in [3.8, 4) is 0 Å². The van der Waals surface area contributed by atoms with Crippen molar-refractivity contribution in [1.29, 1.82) is 0 Å². The van der Waals surface area contributed by atoms with Gasteiger partial charge in [0.25, 0.3) is 0 Å². The number of rotatable bonds is 0. The molecule has 0 aromatic carbocycles. The molecule has 0 saturated heterocycles. The zero-order valence-corrected chi connectivity index (χ0v) is 11.5. The molecule has 6 nitrogen and oxygen atoms in total. The second kappa shape index (κ2) is 4.37. The molecule has 18 heavy (non-hydrogen) atoms. The van der Waals surface area contributed by atoms with Crippen LogP contribution in [0, 0.1) is 0 Å². The number of fused-ring (bicyclic) bond motifs is 1. The van der Waals surface area contributed by atoms with E-state index < -0.39 is 11.7 Å². The van der Waals surface area contributed by atoms with E-state index in [2.05, 4.69) is 15.1 Å². The van der Waals surface area contributed by atoms with Crippen LogP contribution in [0.5, 0.6) is 0 Å². The molecular formula is C10H10Cl2N4O2. The molecule has 0 bridgehead atoms. The van der Waals surface area contributed by atoms with E-state index in [1.807, 2.05) is 0 Å². The lowest BCUT2D eigenvalue weighted by atomic mass is 10.2. The smallest absolute Gasteiger partial charge is 0.435 e. The van der Waals surface area contributed by atoms with Crippen LogP contribution in [0.3, 0.4) is 0 Å². The number of carbonyl (C=O) groups excluding carboxylic acids is 1. The van der Waals surface area contributed by atoms with Gasteiger partial charge < -0.3 is 4.74 Å². The highest BCUT2D eigenvalue weighted by Gasteiger charge is 2.22. The SMILES string of the molecule is CC(C)(C)OC(=O)n1ncc2nc(Cl)nc(Cl)c21. The largest absolute Gasteiger partial charge is 0.442 e. The van der Waals surface area contributed by atoms with Crippen molar-refractivity contribution in [3.05, 3.63) is 16.6 Å². The van der Waals surface area contributed by atoms with Gasteiger partial charge in [-0.15, -0.1) is 0 Å². The Hall–Kier alpha value is -1.40. The summed E-state index contributed by atoms with van der Waals surface area (Å²) in [6, 6.07) is 0. The molecule has 0 amide bonds. The van der Waals surface area contributed by atoms with Crippen LogP contribution in [0.15, 0.2) is 6.20 Å². The molecule has 0 radical (unpaired) electrons. The summed E-state index contributed by atoms with van der Waals surface area (Å²) in [4.78, 5) is 19.6. The van der Waals surface area contributed by atoms with E-state index >= 15 is 0 Å². The van der Waals surface area contributed by atoms with E-state index in [0.717, 1.165) is 4.68 Å². The molecule has 0 spiro atoms. The molecule has 0 aliphatic heterocycles. The first-order valence-corrected chi connectivity index (χ1v) is 5.83. The Morgan fingerprint density at radius 1 is 1.33 bits per heavy atom. The minimum absolute atomic E-state index is 0.00348. The van der Waals surface area contributed by atoms with E-state index in [9.17, 15) is 4.79 Å². The number of carbonyl (C=O) groups is 1. The van der Waals surface area contributed by atoms with E-state index in [4.69, 9.17) is 27.9 Å². The van der Waals surface area contributed by atoms with E-state index in [-0.39, 0.29) is 16.0 Å². The lowest BCUT2D eigenvalue weighted by Gasteiger charge is -2.19. The first kappa shape index (κ1) is 13.0. The minimum Gasteiger partial charge on any atom is -0.442 e. The van der Waals surface area contributed by atoms with Crippen LogP contribution in [-0.2, 0) is 4.74 Å². The monoisotopic (exact) mass is 288 g/mol. The molecule has 0 fully saturated rings. The zero-order chi connectivity index (χ0) is 13.5. The molecule has 0 saturated carbocycles. The van der Waals surface area contributed by atoms with Gasteiger partial charge in [0.15, 0.2) is 5.15 Å². The van der Waals surface area contributed by atoms with Gasteiger partial charge in [0.1, 0.15) is 16.6 Å². The van der Waals surface area contributed by atoms with Gasteiger partial charge in [-0.05, 0) is 32.4 Å². The summed E-state index contributed by atoms with van der Waals surface area (Å²) in [5.74, 6) is 0. The van der Waals surface area contributed by atoms with Crippen molar-refractivity contribution < 1.29 is 9.53 Å². The average Bonchev–Trinajstić information content (AvgIpc) is 2.58. The van der Waals surface area contributed by atoms with Crippen LogP contribution in [0.4, 0.5) is 4.79 Å². The summed E-state index contributed by atoms with van der Waals surface area (Å²) >= 11 is 11.6. The number of ether oxygens (including phenoxy) is 1. The molecule has 0 aliphatic rings. The topological polar surface area (TPSA) is 69.9 Å². The third-order valence-corrected chi connectivity index (χ3v) is 2.35. The predicted molar refractivity (Wildman–Crippen MR) is 67.0 cm³/mol. The number of hydrogen-bond donors (Lipinski definition) is 0. The molecule has 0 unspecified atom stereocenters. The number of hydrogen-bond acceptors (Lipinski definition) is 5. The van der Waals surface area contributed by atoms with Crippen molar-refractivity contribution in [2.24, 2.45) is 0 Å². The van der Waals surface area contributed by atoms with Crippen LogP contribution >= 0.6 is 23.2 Å². The van der Waals surface area contributed by atoms with E-state index in [1.54, 1.807) is 20.8 Å². The van der Waals surface area contributed by atoms with Crippen LogP contribution in [-0.4, -0.2) is 31.4 Å². The van der Waals surface area contributed by atoms with Gasteiger partial charge in [0, 0.05) is 0 Å². The average molecular weight is 289 g/mol. The Labute approximate surface area is 113 Å². The van der Waals surface area contributed by atoms with Crippen LogP contribution in [0.25, 0.3) is 11.0 Å². The van der Waals surface area contributed by atoms with Crippen LogP contribution in [0.2, 0.25) is 10.4 Å². The third kappa shape index (κ3) is 2.54. The van der Waals surface area contributed by atoms with Gasteiger partial charge in [-0.3, -0.25) is 0 Å². The van der Waals surface area contributed by atoms with Gasteiger partial charge in [-0.25, -0.2) is 14.8 Å². The number of aromatic nitrogens is 4. The summed E-state index contributed by atoms with van der Waals surface area (Å²) in [5.41, 5.74) is 0.0240. The van der Waals surface area contributed by atoms with Crippen molar-refractivity contribution in [2.75, 3.05) is 0 Å². The molecule has 96 valence electrons. The van der Waals surface area contributed by atoms with Crippen molar-refractivity contribution in [3.63, 3.8) is 0 Å². The van der Waals surface area contributed by atoms with E-state index in [1.165, 1.54) is 6.20 Å². The summed E-state index contributed by atoms with van der Waals surface area (Å²) < 4.78 is 6.20. The quantitative estimate of drug-likeness (QED) is 0.551. The Bertz CT molecular complexity index is 618. The van der Waals surface area contributed by atoms with Gasteiger partial charge in [-0.1, -0.05) is 11.6 Å². The Morgan fingerprint density at radius 2 is 2.00 bits per heavy atom. The molecular weight excluding hydrogens is 279 g/mol. The summed E-state index contributed by atoms with van der Waals surface area (Å²) in [7, 11) is 0.